The van der Waals surface area contributed by atoms with E-state index in [0.717, 1.165) is 31.6 Å². The fourth-order valence-electron chi connectivity index (χ4n) is 6.37. The lowest BCUT2D eigenvalue weighted by Crippen LogP contribution is -2.71. The Morgan fingerprint density at radius 2 is 1.97 bits per heavy atom. The van der Waals surface area contributed by atoms with Crippen LogP contribution < -0.4 is 5.32 Å². The minimum absolute atomic E-state index is 0.0343. The Hall–Kier alpha value is -3.01. The number of fused-ring (bicyclic) bond motifs is 4. The average Bonchev–Trinajstić information content (AvgIpc) is 3.24. The van der Waals surface area contributed by atoms with Crippen molar-refractivity contribution in [3.63, 3.8) is 0 Å². The van der Waals surface area contributed by atoms with Crippen molar-refractivity contribution >= 4 is 17.6 Å². The van der Waals surface area contributed by atoms with Crippen LogP contribution in [-0.2, 0) is 20.9 Å². The predicted molar refractivity (Wildman–Crippen MR) is 126 cm³/mol. The molecule has 10 heteroatoms. The van der Waals surface area contributed by atoms with Gasteiger partial charge in [-0.1, -0.05) is 19.9 Å². The molecule has 3 aliphatic heterocycles. The summed E-state index contributed by atoms with van der Waals surface area (Å²) in [6.45, 7) is 6.55. The number of piperazine rings is 1. The second-order valence-corrected chi connectivity index (χ2v) is 10.7. The van der Waals surface area contributed by atoms with Crippen molar-refractivity contribution in [2.75, 3.05) is 26.2 Å². The SMILES string of the molecule is CC(C)CN1CC2CCC(C(=O)NCc3ccc(F)cc3F)C2N2C(=O)C3=C(O)C(=O)CCN3CC12. The van der Waals surface area contributed by atoms with Crippen molar-refractivity contribution in [3.8, 4) is 0 Å². The number of ketones is 1. The Morgan fingerprint density at radius 3 is 2.69 bits per heavy atom. The van der Waals surface area contributed by atoms with Gasteiger partial charge >= 0.3 is 0 Å². The van der Waals surface area contributed by atoms with Crippen LogP contribution in [0.2, 0.25) is 0 Å². The van der Waals surface area contributed by atoms with E-state index in [4.69, 9.17) is 0 Å². The highest BCUT2D eigenvalue weighted by atomic mass is 19.1. The molecule has 0 radical (unpaired) electrons. The lowest BCUT2D eigenvalue weighted by atomic mass is 9.88. The highest BCUT2D eigenvalue weighted by Crippen LogP contribution is 2.44. The Bertz CT molecular complexity index is 1120. The summed E-state index contributed by atoms with van der Waals surface area (Å²) in [5.41, 5.74) is 0.219. The van der Waals surface area contributed by atoms with E-state index in [1.807, 2.05) is 0 Å². The molecular formula is C26H32F2N4O4. The third kappa shape index (κ3) is 4.25. The van der Waals surface area contributed by atoms with E-state index >= 15 is 0 Å². The fraction of sp³-hybridized carbons (Fsp3) is 0.577. The second-order valence-electron chi connectivity index (χ2n) is 10.7. The molecule has 1 aromatic rings. The maximum absolute atomic E-state index is 14.1. The van der Waals surface area contributed by atoms with E-state index in [0.29, 0.717) is 25.4 Å². The first-order chi connectivity index (χ1) is 17.2. The van der Waals surface area contributed by atoms with E-state index in [1.165, 1.54) is 6.07 Å². The fourth-order valence-corrected chi connectivity index (χ4v) is 6.37. The molecule has 4 unspecified atom stereocenters. The average molecular weight is 503 g/mol. The van der Waals surface area contributed by atoms with Gasteiger partial charge in [-0.25, -0.2) is 8.78 Å². The number of amides is 2. The molecule has 2 amide bonds. The Balaban J connectivity index is 1.42. The van der Waals surface area contributed by atoms with Gasteiger partial charge in [0, 0.05) is 50.3 Å². The smallest absolute Gasteiger partial charge is 0.275 e. The van der Waals surface area contributed by atoms with Crippen LogP contribution in [0.5, 0.6) is 0 Å². The van der Waals surface area contributed by atoms with Crippen molar-refractivity contribution in [1.29, 1.82) is 0 Å². The number of rotatable bonds is 5. The number of hydrogen-bond donors (Lipinski definition) is 2. The number of nitrogens with one attached hydrogen (secondary N) is 1. The van der Waals surface area contributed by atoms with Crippen LogP contribution >= 0.6 is 0 Å². The van der Waals surface area contributed by atoms with Gasteiger partial charge in [0.15, 0.2) is 5.76 Å². The number of aliphatic hydroxyl groups excluding tert-OH is 1. The van der Waals surface area contributed by atoms with Crippen LogP contribution in [0.4, 0.5) is 8.78 Å². The van der Waals surface area contributed by atoms with Gasteiger partial charge in [-0.3, -0.25) is 19.3 Å². The first-order valence-electron chi connectivity index (χ1n) is 12.7. The van der Waals surface area contributed by atoms with E-state index in [1.54, 1.807) is 9.80 Å². The van der Waals surface area contributed by atoms with Gasteiger partial charge in [0.1, 0.15) is 23.5 Å². The zero-order chi connectivity index (χ0) is 25.7. The molecule has 1 aliphatic carbocycles. The number of carbonyl (C=O) groups is 3. The number of hydrogen-bond acceptors (Lipinski definition) is 6. The number of Topliss-reactive ketones (excluding diaryl/α,β-unsaturated/α-hetero) is 1. The van der Waals surface area contributed by atoms with E-state index < -0.39 is 35.0 Å². The minimum Gasteiger partial charge on any atom is -0.503 e. The van der Waals surface area contributed by atoms with Crippen molar-refractivity contribution in [3.05, 3.63) is 46.9 Å². The molecule has 5 rings (SSSR count). The summed E-state index contributed by atoms with van der Waals surface area (Å²) in [4.78, 5) is 45.1. The summed E-state index contributed by atoms with van der Waals surface area (Å²) >= 11 is 0. The Kier molecular flexibility index (Phi) is 6.48. The Morgan fingerprint density at radius 1 is 1.19 bits per heavy atom. The van der Waals surface area contributed by atoms with Crippen LogP contribution in [0.3, 0.4) is 0 Å². The first-order valence-corrected chi connectivity index (χ1v) is 12.7. The molecule has 4 atom stereocenters. The highest BCUT2D eigenvalue weighted by molar-refractivity contribution is 6.05. The first kappa shape index (κ1) is 24.7. The molecule has 2 N–H and O–H groups in total. The summed E-state index contributed by atoms with van der Waals surface area (Å²) in [7, 11) is 0. The molecular weight excluding hydrogens is 470 g/mol. The van der Waals surface area contributed by atoms with Gasteiger partial charge < -0.3 is 20.2 Å². The van der Waals surface area contributed by atoms with Crippen LogP contribution in [0, 0.1) is 29.4 Å². The largest absolute Gasteiger partial charge is 0.503 e. The molecule has 3 heterocycles. The number of benzene rings is 1. The molecule has 36 heavy (non-hydrogen) atoms. The monoisotopic (exact) mass is 502 g/mol. The van der Waals surface area contributed by atoms with Gasteiger partial charge in [-0.2, -0.15) is 0 Å². The van der Waals surface area contributed by atoms with Gasteiger partial charge in [0.2, 0.25) is 11.7 Å². The van der Waals surface area contributed by atoms with Gasteiger partial charge in [-0.05, 0) is 30.7 Å². The summed E-state index contributed by atoms with van der Waals surface area (Å²) in [5.74, 6) is -3.10. The van der Waals surface area contributed by atoms with Crippen molar-refractivity contribution in [1.82, 2.24) is 20.0 Å². The maximum Gasteiger partial charge on any atom is 0.275 e. The second kappa shape index (κ2) is 9.46. The van der Waals surface area contributed by atoms with Crippen LogP contribution in [0.1, 0.15) is 38.7 Å². The predicted octanol–water partition coefficient (Wildman–Crippen LogP) is 2.16. The molecule has 2 saturated heterocycles. The molecule has 0 spiro atoms. The van der Waals surface area contributed by atoms with E-state index in [-0.39, 0.29) is 48.3 Å². The molecule has 8 nitrogen and oxygen atoms in total. The molecule has 1 aromatic carbocycles. The van der Waals surface area contributed by atoms with Crippen LogP contribution in [0.25, 0.3) is 0 Å². The number of nitrogens with zero attached hydrogens (tertiary/aromatic N) is 3. The zero-order valence-corrected chi connectivity index (χ0v) is 20.5. The van der Waals surface area contributed by atoms with Gasteiger partial charge in [0.25, 0.3) is 5.91 Å². The Labute approximate surface area is 208 Å². The summed E-state index contributed by atoms with van der Waals surface area (Å²) in [6.07, 6.45) is 1.23. The molecule has 0 aromatic heterocycles. The number of carbonyl (C=O) groups excluding carboxylic acids is 3. The normalized spacial score (nSPS) is 28.4. The molecule has 0 bridgehead atoms. The van der Waals surface area contributed by atoms with Crippen molar-refractivity contribution < 1.29 is 28.3 Å². The number of aliphatic hydroxyl groups is 1. The lowest BCUT2D eigenvalue weighted by Gasteiger charge is -2.56. The quantitative estimate of drug-likeness (QED) is 0.641. The standard InChI is InChI=1S/C26H32F2N4O4/c1-14(2)11-31-12-16-4-6-18(25(35)29-10-15-3-5-17(27)9-19(15)28)22(16)32-21(31)13-30-8-7-20(33)24(34)23(30)26(32)36/h3,5,9,14,16,18,21-22,34H,4,6-8,10-13H2,1-2H3,(H,29,35). The highest BCUT2D eigenvalue weighted by Gasteiger charge is 2.56. The zero-order valence-electron chi connectivity index (χ0n) is 20.5. The van der Waals surface area contributed by atoms with Gasteiger partial charge in [0.05, 0.1) is 12.5 Å². The number of halogens is 2. The topological polar surface area (TPSA) is 93.2 Å². The third-order valence-corrected chi connectivity index (χ3v) is 7.92. The summed E-state index contributed by atoms with van der Waals surface area (Å²) in [5, 5.41) is 13.3. The number of allylic oxidation sites excluding steroid dienone is 1. The molecule has 194 valence electrons. The third-order valence-electron chi connectivity index (χ3n) is 7.92. The van der Waals surface area contributed by atoms with E-state index in [2.05, 4.69) is 24.1 Å². The van der Waals surface area contributed by atoms with Crippen LogP contribution in [-0.4, -0.2) is 75.8 Å². The lowest BCUT2D eigenvalue weighted by molar-refractivity contribution is -0.161. The van der Waals surface area contributed by atoms with Crippen molar-refractivity contribution in [2.24, 2.45) is 17.8 Å². The molecule has 4 aliphatic rings. The summed E-state index contributed by atoms with van der Waals surface area (Å²) < 4.78 is 27.3. The summed E-state index contributed by atoms with van der Waals surface area (Å²) in [6, 6.07) is 2.85. The maximum atomic E-state index is 14.1. The van der Waals surface area contributed by atoms with Crippen LogP contribution in [0.15, 0.2) is 29.7 Å². The minimum atomic E-state index is -0.725. The van der Waals surface area contributed by atoms with Gasteiger partial charge in [-0.15, -0.1) is 0 Å². The van der Waals surface area contributed by atoms with E-state index in [9.17, 15) is 28.3 Å². The molecule has 3 fully saturated rings. The van der Waals surface area contributed by atoms with Crippen molar-refractivity contribution in [2.45, 2.75) is 51.9 Å². The molecule has 1 saturated carbocycles.